The van der Waals surface area contributed by atoms with E-state index in [1.54, 1.807) is 0 Å². The average Bonchev–Trinajstić information content (AvgIpc) is 2.14. The van der Waals surface area contributed by atoms with Gasteiger partial charge in [0.1, 0.15) is 0 Å². The Morgan fingerprint density at radius 2 is 2.38 bits per heavy atom. The molecule has 1 nitrogen and oxygen atoms in total. The summed E-state index contributed by atoms with van der Waals surface area (Å²) in [6.07, 6.45) is 6.28. The summed E-state index contributed by atoms with van der Waals surface area (Å²) in [6, 6.07) is 8.11. The molecule has 1 unspecified atom stereocenters. The topological polar surface area (TPSA) is 12.0 Å². The lowest BCUT2D eigenvalue weighted by Crippen LogP contribution is -2.15. The predicted octanol–water partition coefficient (Wildman–Crippen LogP) is 3.27. The maximum Gasteiger partial charge on any atom is 0.0871 e. The van der Waals surface area contributed by atoms with E-state index in [0.29, 0.717) is 0 Å². The van der Waals surface area contributed by atoms with E-state index < -0.39 is 0 Å². The Bertz CT molecular complexity index is 314. The average molecular weight is 238 g/mol. The summed E-state index contributed by atoms with van der Waals surface area (Å²) in [7, 11) is 0. The van der Waals surface area contributed by atoms with Crippen LogP contribution in [0.3, 0.4) is 0 Å². The summed E-state index contributed by atoms with van der Waals surface area (Å²) in [6.45, 7) is 2.06. The lowest BCUT2D eigenvalue weighted by molar-refractivity contribution is 0.858. The molecule has 1 aromatic rings. The van der Waals surface area contributed by atoms with Crippen LogP contribution < -0.4 is 5.32 Å². The van der Waals surface area contributed by atoms with Crippen LogP contribution in [0.25, 0.3) is 0 Å². The first-order valence-corrected chi connectivity index (χ1v) is 5.03. The maximum atomic E-state index is 5.34. The van der Waals surface area contributed by atoms with Crippen molar-refractivity contribution in [3.8, 4) is 12.3 Å². The Kier molecular flexibility index (Phi) is 3.85. The van der Waals surface area contributed by atoms with Gasteiger partial charge in [-0.3, -0.25) is 0 Å². The Hall–Kier alpha value is -0.940. The molecule has 1 aromatic carbocycles. The molecule has 0 saturated heterocycles. The van der Waals surface area contributed by atoms with Gasteiger partial charge < -0.3 is 5.32 Å². The Labute approximate surface area is 87.7 Å². The third-order valence-electron chi connectivity index (χ3n) is 1.77. The zero-order chi connectivity index (χ0) is 9.68. The van der Waals surface area contributed by atoms with Crippen molar-refractivity contribution in [3.05, 3.63) is 28.7 Å². The lowest BCUT2D eigenvalue weighted by atomic mass is 10.2. The molecule has 68 valence electrons. The molecule has 0 bridgehead atoms. The number of hydrogen-bond acceptors (Lipinski definition) is 1. The zero-order valence-electron chi connectivity index (χ0n) is 7.55. The standard InChI is InChI=1S/C11H12BrN/c1-3-10(4-2)13-11-7-5-6-9(12)8-11/h1,5-8,10,13H,4H2,2H3. The summed E-state index contributed by atoms with van der Waals surface area (Å²) in [4.78, 5) is 0. The van der Waals surface area contributed by atoms with Gasteiger partial charge in [0, 0.05) is 10.2 Å². The molecule has 0 heterocycles. The molecule has 1 N–H and O–H groups in total. The zero-order valence-corrected chi connectivity index (χ0v) is 9.14. The van der Waals surface area contributed by atoms with Crippen molar-refractivity contribution in [3.63, 3.8) is 0 Å². The van der Waals surface area contributed by atoms with Gasteiger partial charge in [-0.2, -0.15) is 0 Å². The minimum absolute atomic E-state index is 0.120. The van der Waals surface area contributed by atoms with Crippen LogP contribution in [0, 0.1) is 12.3 Å². The van der Waals surface area contributed by atoms with E-state index in [1.165, 1.54) is 0 Å². The van der Waals surface area contributed by atoms with E-state index in [9.17, 15) is 0 Å². The molecule has 1 rings (SSSR count). The van der Waals surface area contributed by atoms with Gasteiger partial charge in [-0.05, 0) is 24.6 Å². The van der Waals surface area contributed by atoms with Crippen LogP contribution in [-0.2, 0) is 0 Å². The van der Waals surface area contributed by atoms with Crippen LogP contribution in [0.1, 0.15) is 13.3 Å². The summed E-state index contributed by atoms with van der Waals surface area (Å²) in [5, 5.41) is 3.25. The highest BCUT2D eigenvalue weighted by Gasteiger charge is 2.00. The van der Waals surface area contributed by atoms with Crippen LogP contribution in [0.2, 0.25) is 0 Å². The van der Waals surface area contributed by atoms with Gasteiger partial charge in [-0.25, -0.2) is 0 Å². The van der Waals surface area contributed by atoms with Crippen molar-refractivity contribution in [2.24, 2.45) is 0 Å². The number of anilines is 1. The minimum atomic E-state index is 0.120. The van der Waals surface area contributed by atoms with Crippen molar-refractivity contribution >= 4 is 21.6 Å². The van der Waals surface area contributed by atoms with E-state index in [-0.39, 0.29) is 6.04 Å². The highest BCUT2D eigenvalue weighted by molar-refractivity contribution is 9.10. The lowest BCUT2D eigenvalue weighted by Gasteiger charge is -2.11. The number of terminal acetylenes is 1. The van der Waals surface area contributed by atoms with Gasteiger partial charge >= 0.3 is 0 Å². The molecule has 2 heteroatoms. The molecule has 0 amide bonds. The fourth-order valence-corrected chi connectivity index (χ4v) is 1.44. The van der Waals surface area contributed by atoms with Crippen molar-refractivity contribution in [2.75, 3.05) is 5.32 Å². The van der Waals surface area contributed by atoms with Gasteiger partial charge in [-0.15, -0.1) is 6.42 Å². The summed E-state index contributed by atoms with van der Waals surface area (Å²) in [5.41, 5.74) is 1.05. The van der Waals surface area contributed by atoms with E-state index >= 15 is 0 Å². The SMILES string of the molecule is C#CC(CC)Nc1cccc(Br)c1. The molecule has 0 aliphatic rings. The van der Waals surface area contributed by atoms with E-state index in [2.05, 4.69) is 34.1 Å². The van der Waals surface area contributed by atoms with Gasteiger partial charge in [0.2, 0.25) is 0 Å². The Balaban J connectivity index is 2.69. The number of rotatable bonds is 3. The van der Waals surface area contributed by atoms with E-state index in [0.717, 1.165) is 16.6 Å². The van der Waals surface area contributed by atoms with Crippen molar-refractivity contribution in [1.29, 1.82) is 0 Å². The van der Waals surface area contributed by atoms with Crippen LogP contribution in [-0.4, -0.2) is 6.04 Å². The van der Waals surface area contributed by atoms with Crippen molar-refractivity contribution < 1.29 is 0 Å². The van der Waals surface area contributed by atoms with Gasteiger partial charge in [0.25, 0.3) is 0 Å². The predicted molar refractivity (Wildman–Crippen MR) is 60.7 cm³/mol. The van der Waals surface area contributed by atoms with Gasteiger partial charge in [-0.1, -0.05) is 34.8 Å². The molecular weight excluding hydrogens is 226 g/mol. The van der Waals surface area contributed by atoms with Crippen molar-refractivity contribution in [2.45, 2.75) is 19.4 Å². The molecule has 0 spiro atoms. The third kappa shape index (κ3) is 3.12. The fourth-order valence-electron chi connectivity index (χ4n) is 1.04. The third-order valence-corrected chi connectivity index (χ3v) is 2.27. The first-order valence-electron chi connectivity index (χ1n) is 4.24. The first kappa shape index (κ1) is 10.1. The second-order valence-electron chi connectivity index (χ2n) is 2.78. The summed E-state index contributed by atoms with van der Waals surface area (Å²) < 4.78 is 1.06. The first-order chi connectivity index (χ1) is 6.26. The minimum Gasteiger partial charge on any atom is -0.372 e. The van der Waals surface area contributed by atoms with Crippen LogP contribution >= 0.6 is 15.9 Å². The summed E-state index contributed by atoms with van der Waals surface area (Å²) >= 11 is 3.40. The molecule has 0 saturated carbocycles. The second kappa shape index (κ2) is 4.94. The van der Waals surface area contributed by atoms with E-state index in [1.807, 2.05) is 24.3 Å². The normalized spacial score (nSPS) is 11.8. The van der Waals surface area contributed by atoms with Crippen LogP contribution in [0.4, 0.5) is 5.69 Å². The molecule has 0 aromatic heterocycles. The molecular formula is C11H12BrN. The Morgan fingerprint density at radius 3 is 2.92 bits per heavy atom. The van der Waals surface area contributed by atoms with Gasteiger partial charge in [0.15, 0.2) is 0 Å². The quantitative estimate of drug-likeness (QED) is 0.797. The number of benzene rings is 1. The molecule has 0 fully saturated rings. The fraction of sp³-hybridized carbons (Fsp3) is 0.273. The molecule has 0 radical (unpaired) electrons. The van der Waals surface area contributed by atoms with Crippen molar-refractivity contribution in [1.82, 2.24) is 0 Å². The monoisotopic (exact) mass is 237 g/mol. The molecule has 13 heavy (non-hydrogen) atoms. The smallest absolute Gasteiger partial charge is 0.0871 e. The number of hydrogen-bond donors (Lipinski definition) is 1. The molecule has 1 atom stereocenters. The summed E-state index contributed by atoms with van der Waals surface area (Å²) in [5.74, 6) is 2.69. The largest absolute Gasteiger partial charge is 0.372 e. The highest BCUT2D eigenvalue weighted by Crippen LogP contribution is 2.16. The number of halogens is 1. The molecule has 0 aliphatic carbocycles. The Morgan fingerprint density at radius 1 is 1.62 bits per heavy atom. The number of nitrogens with one attached hydrogen (secondary N) is 1. The van der Waals surface area contributed by atoms with Crippen LogP contribution in [0.5, 0.6) is 0 Å². The van der Waals surface area contributed by atoms with Gasteiger partial charge in [0.05, 0.1) is 6.04 Å². The maximum absolute atomic E-state index is 5.34. The van der Waals surface area contributed by atoms with E-state index in [4.69, 9.17) is 6.42 Å². The molecule has 0 aliphatic heterocycles. The van der Waals surface area contributed by atoms with Crippen LogP contribution in [0.15, 0.2) is 28.7 Å². The highest BCUT2D eigenvalue weighted by atomic mass is 79.9. The second-order valence-corrected chi connectivity index (χ2v) is 3.70.